The third-order valence-corrected chi connectivity index (χ3v) is 3.97. The maximum atomic E-state index is 12.2. The molecule has 2 rings (SSSR count). The molecule has 0 aliphatic carbocycles. The third kappa shape index (κ3) is 4.97. The van der Waals surface area contributed by atoms with Gasteiger partial charge in [-0.3, -0.25) is 9.59 Å². The van der Waals surface area contributed by atoms with Crippen LogP contribution in [0.15, 0.2) is 46.9 Å². The maximum absolute atomic E-state index is 12.2. The van der Waals surface area contributed by atoms with Crippen molar-refractivity contribution in [2.45, 2.75) is 0 Å². The van der Waals surface area contributed by atoms with Crippen molar-refractivity contribution in [2.24, 2.45) is 0 Å². The molecule has 7 heteroatoms. The van der Waals surface area contributed by atoms with Crippen LogP contribution in [0.4, 0.5) is 0 Å². The standard InChI is InChI=1S/C17H16BrClN2O3/c1-24-15-7-6-13(19)10-14(15)17(23)21-9-8-20-16(22)11-2-4-12(18)5-3-11/h2-7,10H,8-9H2,1H3,(H,20,22)(H,21,23). The van der Waals surface area contributed by atoms with Crippen molar-refractivity contribution >= 4 is 39.3 Å². The van der Waals surface area contributed by atoms with E-state index in [9.17, 15) is 9.59 Å². The molecule has 2 aromatic rings. The first-order valence-corrected chi connectivity index (χ1v) is 8.34. The fourth-order valence-electron chi connectivity index (χ4n) is 2.01. The Labute approximate surface area is 153 Å². The van der Waals surface area contributed by atoms with Gasteiger partial charge in [0.1, 0.15) is 5.75 Å². The number of ether oxygens (including phenoxy) is 1. The van der Waals surface area contributed by atoms with Gasteiger partial charge < -0.3 is 15.4 Å². The van der Waals surface area contributed by atoms with Crippen molar-refractivity contribution in [1.29, 1.82) is 0 Å². The van der Waals surface area contributed by atoms with Crippen molar-refractivity contribution in [3.63, 3.8) is 0 Å². The van der Waals surface area contributed by atoms with Crippen LogP contribution in [0, 0.1) is 0 Å². The number of benzene rings is 2. The minimum absolute atomic E-state index is 0.197. The molecule has 0 aliphatic rings. The molecule has 0 bridgehead atoms. The number of hydrogen-bond acceptors (Lipinski definition) is 3. The molecule has 0 aliphatic heterocycles. The number of methoxy groups -OCH3 is 1. The van der Waals surface area contributed by atoms with E-state index < -0.39 is 0 Å². The summed E-state index contributed by atoms with van der Waals surface area (Å²) in [4.78, 5) is 24.1. The molecule has 126 valence electrons. The number of carbonyl (C=O) groups is 2. The summed E-state index contributed by atoms with van der Waals surface area (Å²) in [6.45, 7) is 0.598. The molecule has 2 amide bonds. The highest BCUT2D eigenvalue weighted by Crippen LogP contribution is 2.22. The predicted octanol–water partition coefficient (Wildman–Crippen LogP) is 3.27. The molecular formula is C17H16BrClN2O3. The van der Waals surface area contributed by atoms with Crippen LogP contribution in [0.3, 0.4) is 0 Å². The summed E-state index contributed by atoms with van der Waals surface area (Å²) in [6.07, 6.45) is 0. The smallest absolute Gasteiger partial charge is 0.255 e. The van der Waals surface area contributed by atoms with E-state index in [-0.39, 0.29) is 18.4 Å². The lowest BCUT2D eigenvalue weighted by Crippen LogP contribution is -2.34. The zero-order chi connectivity index (χ0) is 17.5. The number of halogens is 2. The van der Waals surface area contributed by atoms with Gasteiger partial charge in [0, 0.05) is 28.1 Å². The van der Waals surface area contributed by atoms with E-state index in [1.165, 1.54) is 13.2 Å². The maximum Gasteiger partial charge on any atom is 0.255 e. The average Bonchev–Trinajstić information content (AvgIpc) is 2.58. The average molecular weight is 412 g/mol. The minimum atomic E-state index is -0.313. The van der Waals surface area contributed by atoms with Crippen molar-refractivity contribution in [3.05, 3.63) is 63.1 Å². The molecule has 0 heterocycles. The van der Waals surface area contributed by atoms with Gasteiger partial charge in [-0.1, -0.05) is 27.5 Å². The third-order valence-electron chi connectivity index (χ3n) is 3.21. The summed E-state index contributed by atoms with van der Waals surface area (Å²) in [5.74, 6) is -0.0693. The zero-order valence-corrected chi connectivity index (χ0v) is 15.3. The number of carbonyl (C=O) groups excluding carboxylic acids is 2. The molecule has 2 N–H and O–H groups in total. The highest BCUT2D eigenvalue weighted by molar-refractivity contribution is 9.10. The summed E-state index contributed by atoms with van der Waals surface area (Å²) in [5, 5.41) is 5.90. The second-order valence-corrected chi connectivity index (χ2v) is 6.22. The molecule has 5 nitrogen and oxygen atoms in total. The van der Waals surface area contributed by atoms with Gasteiger partial charge in [0.25, 0.3) is 11.8 Å². The molecule has 24 heavy (non-hydrogen) atoms. The van der Waals surface area contributed by atoms with E-state index >= 15 is 0 Å². The molecule has 0 saturated heterocycles. The van der Waals surface area contributed by atoms with Crippen LogP contribution in [0.5, 0.6) is 5.75 Å². The van der Waals surface area contributed by atoms with Gasteiger partial charge in [0.2, 0.25) is 0 Å². The van der Waals surface area contributed by atoms with Crippen LogP contribution in [0.25, 0.3) is 0 Å². The lowest BCUT2D eigenvalue weighted by Gasteiger charge is -2.10. The van der Waals surface area contributed by atoms with Crippen LogP contribution in [-0.4, -0.2) is 32.0 Å². The SMILES string of the molecule is COc1ccc(Cl)cc1C(=O)NCCNC(=O)c1ccc(Br)cc1. The Morgan fingerprint density at radius 3 is 2.29 bits per heavy atom. The first-order valence-electron chi connectivity index (χ1n) is 7.17. The van der Waals surface area contributed by atoms with Crippen LogP contribution in [0.1, 0.15) is 20.7 Å². The molecule has 0 radical (unpaired) electrons. The van der Waals surface area contributed by atoms with Gasteiger partial charge in [-0.25, -0.2) is 0 Å². The van der Waals surface area contributed by atoms with Gasteiger partial charge >= 0.3 is 0 Å². The van der Waals surface area contributed by atoms with Crippen LogP contribution in [-0.2, 0) is 0 Å². The Balaban J connectivity index is 1.84. The normalized spacial score (nSPS) is 10.1. The largest absolute Gasteiger partial charge is 0.496 e. The van der Waals surface area contributed by atoms with Crippen molar-refractivity contribution in [1.82, 2.24) is 10.6 Å². The van der Waals surface area contributed by atoms with E-state index in [1.807, 2.05) is 0 Å². The van der Waals surface area contributed by atoms with Gasteiger partial charge in [-0.2, -0.15) is 0 Å². The van der Waals surface area contributed by atoms with E-state index in [0.717, 1.165) is 4.47 Å². The van der Waals surface area contributed by atoms with Gasteiger partial charge in [0.05, 0.1) is 12.7 Å². The number of amides is 2. The zero-order valence-electron chi connectivity index (χ0n) is 12.9. The summed E-state index contributed by atoms with van der Waals surface area (Å²) in [6, 6.07) is 11.8. The Hall–Kier alpha value is -2.05. The topological polar surface area (TPSA) is 67.4 Å². The molecule has 0 unspecified atom stereocenters. The molecule has 0 aromatic heterocycles. The minimum Gasteiger partial charge on any atom is -0.496 e. The van der Waals surface area contributed by atoms with E-state index in [0.29, 0.717) is 28.4 Å². The Kier molecular flexibility index (Phi) is 6.63. The van der Waals surface area contributed by atoms with Gasteiger partial charge in [0.15, 0.2) is 0 Å². The summed E-state index contributed by atoms with van der Waals surface area (Å²) in [5.41, 5.74) is 0.908. The molecule has 0 fully saturated rings. The molecular weight excluding hydrogens is 396 g/mol. The second kappa shape index (κ2) is 8.70. The van der Waals surface area contributed by atoms with Crippen LogP contribution >= 0.6 is 27.5 Å². The highest BCUT2D eigenvalue weighted by atomic mass is 79.9. The predicted molar refractivity (Wildman–Crippen MR) is 96.8 cm³/mol. The first kappa shape index (κ1) is 18.3. The number of hydrogen-bond donors (Lipinski definition) is 2. The van der Waals surface area contributed by atoms with Crippen LogP contribution < -0.4 is 15.4 Å². The van der Waals surface area contributed by atoms with Crippen LogP contribution in [0.2, 0.25) is 5.02 Å². The second-order valence-electron chi connectivity index (χ2n) is 4.86. The van der Waals surface area contributed by atoms with Crippen molar-refractivity contribution in [3.8, 4) is 5.75 Å². The molecule has 2 aromatic carbocycles. The molecule has 0 atom stereocenters. The quantitative estimate of drug-likeness (QED) is 0.717. The summed E-state index contributed by atoms with van der Waals surface area (Å²) < 4.78 is 6.04. The summed E-state index contributed by atoms with van der Waals surface area (Å²) in [7, 11) is 1.48. The fourth-order valence-corrected chi connectivity index (χ4v) is 2.44. The summed E-state index contributed by atoms with van der Waals surface area (Å²) >= 11 is 9.22. The lowest BCUT2D eigenvalue weighted by molar-refractivity contribution is 0.0926. The number of nitrogens with one attached hydrogen (secondary N) is 2. The Bertz CT molecular complexity index is 735. The first-order chi connectivity index (χ1) is 11.5. The molecule has 0 saturated carbocycles. The molecule has 0 spiro atoms. The Morgan fingerprint density at radius 1 is 1.04 bits per heavy atom. The van der Waals surface area contributed by atoms with E-state index in [1.54, 1.807) is 36.4 Å². The van der Waals surface area contributed by atoms with E-state index in [4.69, 9.17) is 16.3 Å². The lowest BCUT2D eigenvalue weighted by atomic mass is 10.2. The highest BCUT2D eigenvalue weighted by Gasteiger charge is 2.12. The number of rotatable bonds is 6. The van der Waals surface area contributed by atoms with Crippen molar-refractivity contribution < 1.29 is 14.3 Å². The fraction of sp³-hybridized carbons (Fsp3) is 0.176. The van der Waals surface area contributed by atoms with Gasteiger partial charge in [-0.15, -0.1) is 0 Å². The Morgan fingerprint density at radius 2 is 1.67 bits per heavy atom. The van der Waals surface area contributed by atoms with Crippen molar-refractivity contribution in [2.75, 3.05) is 20.2 Å². The van der Waals surface area contributed by atoms with Gasteiger partial charge in [-0.05, 0) is 42.5 Å². The van der Waals surface area contributed by atoms with E-state index in [2.05, 4.69) is 26.6 Å². The monoisotopic (exact) mass is 410 g/mol.